The summed E-state index contributed by atoms with van der Waals surface area (Å²) >= 11 is 0. The van der Waals surface area contributed by atoms with Crippen LogP contribution < -0.4 is 20.1 Å². The van der Waals surface area contributed by atoms with E-state index >= 15 is 0 Å². The molecule has 0 radical (unpaired) electrons. The van der Waals surface area contributed by atoms with Crippen LogP contribution in [0.25, 0.3) is 0 Å². The van der Waals surface area contributed by atoms with E-state index in [2.05, 4.69) is 10.6 Å². The highest BCUT2D eigenvalue weighted by Gasteiger charge is 2.23. The van der Waals surface area contributed by atoms with Crippen LogP contribution in [0.1, 0.15) is 18.9 Å². The van der Waals surface area contributed by atoms with Gasteiger partial charge in [0.15, 0.2) is 0 Å². The predicted octanol–water partition coefficient (Wildman–Crippen LogP) is 0.308. The van der Waals surface area contributed by atoms with Crippen molar-refractivity contribution in [2.24, 2.45) is 0 Å². The molecule has 0 spiro atoms. The Morgan fingerprint density at radius 3 is 2.81 bits per heavy atom. The lowest BCUT2D eigenvalue weighted by molar-refractivity contribution is -0.116. The zero-order valence-electron chi connectivity index (χ0n) is 15.1. The standard InChI is InChI=1S/C18H28N2O6/c1-2-24-9-7-19-11-13(22)12-26-15-4-5-16(25-10-8-21)18-14(15)3-6-17(23)20-18/h4-5,13,19,21-22H,2-3,6-12H2,1H3,(H,20,23). The van der Waals surface area contributed by atoms with Gasteiger partial charge < -0.3 is 35.1 Å². The lowest BCUT2D eigenvalue weighted by atomic mass is 10.0. The highest BCUT2D eigenvalue weighted by atomic mass is 16.5. The fraction of sp³-hybridized carbons (Fsp3) is 0.611. The Morgan fingerprint density at radius 2 is 2.04 bits per heavy atom. The minimum absolute atomic E-state index is 0.0815. The van der Waals surface area contributed by atoms with Gasteiger partial charge >= 0.3 is 0 Å². The Balaban J connectivity index is 1.92. The van der Waals surface area contributed by atoms with Gasteiger partial charge in [-0.25, -0.2) is 0 Å². The summed E-state index contributed by atoms with van der Waals surface area (Å²) in [5.41, 5.74) is 1.42. The average molecular weight is 368 g/mol. The van der Waals surface area contributed by atoms with Gasteiger partial charge in [-0.2, -0.15) is 0 Å². The number of hydrogen-bond acceptors (Lipinski definition) is 7. The molecular formula is C18H28N2O6. The van der Waals surface area contributed by atoms with E-state index in [0.717, 1.165) is 5.56 Å². The van der Waals surface area contributed by atoms with E-state index in [1.807, 2.05) is 6.92 Å². The molecule has 1 atom stereocenters. The lowest BCUT2D eigenvalue weighted by Crippen LogP contribution is -2.33. The van der Waals surface area contributed by atoms with E-state index < -0.39 is 6.10 Å². The van der Waals surface area contributed by atoms with Crippen molar-refractivity contribution >= 4 is 11.6 Å². The topological polar surface area (TPSA) is 109 Å². The third-order valence-corrected chi connectivity index (χ3v) is 3.89. The van der Waals surface area contributed by atoms with Crippen LogP contribution in [0.4, 0.5) is 5.69 Å². The van der Waals surface area contributed by atoms with Gasteiger partial charge in [0.25, 0.3) is 0 Å². The number of rotatable bonds is 12. The zero-order chi connectivity index (χ0) is 18.8. The summed E-state index contributed by atoms with van der Waals surface area (Å²) in [5, 5.41) is 24.9. The van der Waals surface area contributed by atoms with Gasteiger partial charge in [-0.15, -0.1) is 0 Å². The molecule has 0 saturated heterocycles. The molecule has 26 heavy (non-hydrogen) atoms. The van der Waals surface area contributed by atoms with E-state index in [9.17, 15) is 9.90 Å². The Labute approximate surface area is 153 Å². The van der Waals surface area contributed by atoms with Gasteiger partial charge in [-0.3, -0.25) is 4.79 Å². The number of aliphatic hydroxyl groups is 2. The van der Waals surface area contributed by atoms with Gasteiger partial charge in [0.05, 0.1) is 18.9 Å². The van der Waals surface area contributed by atoms with E-state index in [1.165, 1.54) is 0 Å². The van der Waals surface area contributed by atoms with Crippen molar-refractivity contribution in [2.75, 3.05) is 51.4 Å². The van der Waals surface area contributed by atoms with Gasteiger partial charge in [-0.05, 0) is 25.5 Å². The zero-order valence-corrected chi connectivity index (χ0v) is 15.1. The number of carbonyl (C=O) groups excluding carboxylic acids is 1. The van der Waals surface area contributed by atoms with Crippen LogP contribution >= 0.6 is 0 Å². The molecule has 1 aromatic rings. The van der Waals surface area contributed by atoms with E-state index in [4.69, 9.17) is 19.3 Å². The quantitative estimate of drug-likeness (QED) is 0.393. The molecule has 1 aromatic carbocycles. The maximum Gasteiger partial charge on any atom is 0.224 e. The second-order valence-corrected chi connectivity index (χ2v) is 5.90. The van der Waals surface area contributed by atoms with Crippen molar-refractivity contribution < 1.29 is 29.2 Å². The number of benzene rings is 1. The molecule has 1 amide bonds. The van der Waals surface area contributed by atoms with Crippen LogP contribution in [0, 0.1) is 0 Å². The first-order valence-electron chi connectivity index (χ1n) is 8.94. The number of anilines is 1. The van der Waals surface area contributed by atoms with Crippen LogP contribution in [-0.2, 0) is 16.0 Å². The van der Waals surface area contributed by atoms with Gasteiger partial charge in [0.1, 0.15) is 30.8 Å². The molecule has 0 saturated carbocycles. The maximum absolute atomic E-state index is 11.7. The Kier molecular flexibility index (Phi) is 8.63. The van der Waals surface area contributed by atoms with Gasteiger partial charge in [-0.1, -0.05) is 0 Å². The molecule has 1 unspecified atom stereocenters. The summed E-state index contributed by atoms with van der Waals surface area (Å²) in [7, 11) is 0. The van der Waals surface area contributed by atoms with Crippen LogP contribution in [0.5, 0.6) is 11.5 Å². The third-order valence-electron chi connectivity index (χ3n) is 3.89. The molecule has 0 aliphatic carbocycles. The summed E-state index contributed by atoms with van der Waals surface area (Å²) in [4.78, 5) is 11.7. The molecule has 146 valence electrons. The summed E-state index contributed by atoms with van der Waals surface area (Å²) in [6.45, 7) is 4.47. The number of ether oxygens (including phenoxy) is 3. The van der Waals surface area contributed by atoms with Crippen molar-refractivity contribution in [2.45, 2.75) is 25.9 Å². The fourth-order valence-electron chi connectivity index (χ4n) is 2.65. The van der Waals surface area contributed by atoms with Gasteiger partial charge in [0, 0.05) is 31.7 Å². The molecule has 2 rings (SSSR count). The summed E-state index contributed by atoms with van der Waals surface area (Å²) in [6, 6.07) is 3.46. The number of aliphatic hydroxyl groups excluding tert-OH is 2. The molecule has 8 heteroatoms. The third kappa shape index (κ3) is 6.14. The van der Waals surface area contributed by atoms with Crippen LogP contribution in [-0.4, -0.2) is 68.3 Å². The summed E-state index contributed by atoms with van der Waals surface area (Å²) < 4.78 is 16.5. The molecule has 1 aliphatic rings. The Morgan fingerprint density at radius 1 is 1.23 bits per heavy atom. The summed E-state index contributed by atoms with van der Waals surface area (Å²) in [5.74, 6) is 1.04. The monoisotopic (exact) mass is 368 g/mol. The van der Waals surface area contributed by atoms with Crippen molar-refractivity contribution in [1.29, 1.82) is 0 Å². The first kappa shape index (κ1) is 20.4. The highest BCUT2D eigenvalue weighted by molar-refractivity contribution is 5.96. The molecule has 1 heterocycles. The first-order valence-corrected chi connectivity index (χ1v) is 8.94. The molecule has 0 fully saturated rings. The highest BCUT2D eigenvalue weighted by Crippen LogP contribution is 2.38. The van der Waals surface area contributed by atoms with E-state index in [0.29, 0.717) is 56.3 Å². The minimum Gasteiger partial charge on any atom is -0.490 e. The molecular weight excluding hydrogens is 340 g/mol. The average Bonchev–Trinajstić information content (AvgIpc) is 2.64. The first-order chi connectivity index (χ1) is 12.7. The largest absolute Gasteiger partial charge is 0.490 e. The minimum atomic E-state index is -0.657. The molecule has 1 aliphatic heterocycles. The normalized spacial score (nSPS) is 14.5. The fourth-order valence-corrected chi connectivity index (χ4v) is 2.65. The number of hydrogen-bond donors (Lipinski definition) is 4. The molecule has 0 bridgehead atoms. The van der Waals surface area contributed by atoms with Crippen molar-refractivity contribution in [3.63, 3.8) is 0 Å². The van der Waals surface area contributed by atoms with Crippen molar-refractivity contribution in [3.05, 3.63) is 17.7 Å². The number of carbonyl (C=O) groups is 1. The molecule has 8 nitrogen and oxygen atoms in total. The molecule has 4 N–H and O–H groups in total. The number of nitrogens with one attached hydrogen (secondary N) is 2. The number of amides is 1. The smallest absolute Gasteiger partial charge is 0.224 e. The van der Waals surface area contributed by atoms with E-state index in [1.54, 1.807) is 12.1 Å². The lowest BCUT2D eigenvalue weighted by Gasteiger charge is -2.23. The Bertz CT molecular complexity index is 581. The maximum atomic E-state index is 11.7. The van der Waals surface area contributed by atoms with Gasteiger partial charge in [0.2, 0.25) is 5.91 Å². The predicted molar refractivity (Wildman–Crippen MR) is 96.8 cm³/mol. The van der Waals surface area contributed by atoms with Crippen molar-refractivity contribution in [1.82, 2.24) is 5.32 Å². The number of fused-ring (bicyclic) bond motifs is 1. The SMILES string of the molecule is CCOCCNCC(O)COc1ccc(OCCO)c2c1CCC(=O)N2. The second kappa shape index (κ2) is 11.0. The van der Waals surface area contributed by atoms with E-state index in [-0.39, 0.29) is 25.7 Å². The Hall–Kier alpha value is -1.87. The van der Waals surface area contributed by atoms with Crippen LogP contribution in [0.15, 0.2) is 12.1 Å². The summed E-state index contributed by atoms with van der Waals surface area (Å²) in [6.07, 6.45) is 0.250. The van der Waals surface area contributed by atoms with Crippen LogP contribution in [0.3, 0.4) is 0 Å². The second-order valence-electron chi connectivity index (χ2n) is 5.90. The van der Waals surface area contributed by atoms with Crippen LogP contribution in [0.2, 0.25) is 0 Å². The van der Waals surface area contributed by atoms with Crippen molar-refractivity contribution in [3.8, 4) is 11.5 Å². The molecule has 0 aromatic heterocycles.